The van der Waals surface area contributed by atoms with Crippen LogP contribution < -0.4 is 10.4 Å². The van der Waals surface area contributed by atoms with Gasteiger partial charge in [0.1, 0.15) is 0 Å². The fraction of sp³-hybridized carbons (Fsp3) is 0.480. The Labute approximate surface area is 177 Å². The van der Waals surface area contributed by atoms with Crippen molar-refractivity contribution in [3.05, 3.63) is 60.7 Å². The van der Waals surface area contributed by atoms with E-state index in [1.54, 1.807) is 0 Å². The molecule has 3 nitrogen and oxygen atoms in total. The van der Waals surface area contributed by atoms with Crippen molar-refractivity contribution in [3.8, 4) is 0 Å². The minimum Gasteiger partial charge on any atom is -0.466 e. The van der Waals surface area contributed by atoms with Crippen LogP contribution in [0.4, 0.5) is 0 Å². The minimum atomic E-state index is -2.55. The SMILES string of the molecule is CCOC(=O)CCC(C)(C)CO[Si](c1ccccc1)(c1ccccc1)C(C)(C)C. The first-order valence-corrected chi connectivity index (χ1v) is 12.4. The average molecular weight is 413 g/mol. The third-order valence-electron chi connectivity index (χ3n) is 5.41. The van der Waals surface area contributed by atoms with Crippen LogP contribution >= 0.6 is 0 Å². The zero-order valence-electron chi connectivity index (χ0n) is 18.8. The quantitative estimate of drug-likeness (QED) is 0.433. The van der Waals surface area contributed by atoms with Gasteiger partial charge < -0.3 is 9.16 Å². The van der Waals surface area contributed by atoms with Gasteiger partial charge in [0.2, 0.25) is 0 Å². The lowest BCUT2D eigenvalue weighted by atomic mass is 9.89. The van der Waals surface area contributed by atoms with Crippen molar-refractivity contribution in [2.24, 2.45) is 5.41 Å². The Morgan fingerprint density at radius 2 is 1.34 bits per heavy atom. The van der Waals surface area contributed by atoms with Crippen molar-refractivity contribution < 1.29 is 14.0 Å². The second-order valence-electron chi connectivity index (χ2n) is 9.42. The lowest BCUT2D eigenvalue weighted by Gasteiger charge is -2.44. The van der Waals surface area contributed by atoms with Crippen LogP contribution in [0.3, 0.4) is 0 Å². The first kappa shape index (κ1) is 23.4. The van der Waals surface area contributed by atoms with E-state index in [9.17, 15) is 4.79 Å². The van der Waals surface area contributed by atoms with E-state index in [0.29, 0.717) is 19.6 Å². The van der Waals surface area contributed by atoms with E-state index in [0.717, 1.165) is 6.42 Å². The highest BCUT2D eigenvalue weighted by atomic mass is 28.4. The number of benzene rings is 2. The van der Waals surface area contributed by atoms with Gasteiger partial charge in [-0.15, -0.1) is 0 Å². The van der Waals surface area contributed by atoms with Gasteiger partial charge in [0.05, 0.1) is 6.61 Å². The Balaban J connectivity index is 2.37. The number of hydrogen-bond donors (Lipinski definition) is 0. The number of ether oxygens (including phenoxy) is 1. The molecule has 0 N–H and O–H groups in total. The zero-order chi connectivity index (χ0) is 21.5. The Morgan fingerprint density at radius 3 is 1.76 bits per heavy atom. The van der Waals surface area contributed by atoms with Gasteiger partial charge in [-0.1, -0.05) is 95.3 Å². The van der Waals surface area contributed by atoms with Gasteiger partial charge in [0.25, 0.3) is 8.32 Å². The van der Waals surface area contributed by atoms with Crippen LogP contribution in [-0.4, -0.2) is 27.5 Å². The van der Waals surface area contributed by atoms with Gasteiger partial charge in [-0.2, -0.15) is 0 Å². The van der Waals surface area contributed by atoms with E-state index in [1.165, 1.54) is 10.4 Å². The van der Waals surface area contributed by atoms with Crippen molar-refractivity contribution in [3.63, 3.8) is 0 Å². The lowest BCUT2D eigenvalue weighted by molar-refractivity contribution is -0.143. The van der Waals surface area contributed by atoms with Gasteiger partial charge in [-0.25, -0.2) is 0 Å². The lowest BCUT2D eigenvalue weighted by Crippen LogP contribution is -2.67. The summed E-state index contributed by atoms with van der Waals surface area (Å²) in [6, 6.07) is 21.3. The number of carbonyl (C=O) groups is 1. The highest BCUT2D eigenvalue weighted by Gasteiger charge is 2.50. The Kier molecular flexibility index (Phi) is 7.84. The van der Waals surface area contributed by atoms with Gasteiger partial charge in [0.15, 0.2) is 0 Å². The first-order chi connectivity index (χ1) is 13.6. The van der Waals surface area contributed by atoms with Crippen LogP contribution in [0.15, 0.2) is 60.7 Å². The molecule has 0 aliphatic carbocycles. The molecule has 0 saturated carbocycles. The molecule has 2 rings (SSSR count). The van der Waals surface area contributed by atoms with E-state index in [4.69, 9.17) is 9.16 Å². The van der Waals surface area contributed by atoms with Crippen LogP contribution in [0.1, 0.15) is 54.4 Å². The van der Waals surface area contributed by atoms with Crippen LogP contribution in [0.25, 0.3) is 0 Å². The molecule has 0 atom stereocenters. The maximum absolute atomic E-state index is 11.8. The predicted molar refractivity (Wildman–Crippen MR) is 123 cm³/mol. The second-order valence-corrected chi connectivity index (χ2v) is 13.7. The standard InChI is InChI=1S/C25H36O3Si/c1-7-27-23(26)18-19-25(5,6)20-28-29(24(2,3)4,21-14-10-8-11-15-21)22-16-12-9-13-17-22/h8-17H,7,18-20H2,1-6H3. The summed E-state index contributed by atoms with van der Waals surface area (Å²) in [7, 11) is -2.55. The molecule has 0 aliphatic heterocycles. The van der Waals surface area contributed by atoms with Crippen LogP contribution in [-0.2, 0) is 14.0 Å². The minimum absolute atomic E-state index is 0.0487. The summed E-state index contributed by atoms with van der Waals surface area (Å²) in [6.07, 6.45) is 1.16. The fourth-order valence-corrected chi connectivity index (χ4v) is 8.57. The summed E-state index contributed by atoms with van der Waals surface area (Å²) in [4.78, 5) is 11.8. The maximum atomic E-state index is 11.8. The average Bonchev–Trinajstić information content (AvgIpc) is 2.68. The van der Waals surface area contributed by atoms with Crippen molar-refractivity contribution >= 4 is 24.7 Å². The van der Waals surface area contributed by atoms with Gasteiger partial charge in [0, 0.05) is 13.0 Å². The Bertz CT molecular complexity index is 724. The van der Waals surface area contributed by atoms with Crippen molar-refractivity contribution in [1.82, 2.24) is 0 Å². The van der Waals surface area contributed by atoms with Crippen molar-refractivity contribution in [2.45, 2.75) is 59.4 Å². The predicted octanol–water partition coefficient (Wildman–Crippen LogP) is 4.93. The maximum Gasteiger partial charge on any atom is 0.305 e. The summed E-state index contributed by atoms with van der Waals surface area (Å²) >= 11 is 0. The number of hydrogen-bond acceptors (Lipinski definition) is 3. The molecule has 0 aliphatic rings. The molecule has 0 unspecified atom stereocenters. The van der Waals surface area contributed by atoms with E-state index in [1.807, 2.05) is 6.92 Å². The molecule has 0 bridgehead atoms. The molecule has 158 valence electrons. The second kappa shape index (κ2) is 9.73. The topological polar surface area (TPSA) is 35.5 Å². The zero-order valence-corrected chi connectivity index (χ0v) is 19.8. The molecule has 0 radical (unpaired) electrons. The molecule has 2 aromatic rings. The van der Waals surface area contributed by atoms with Crippen LogP contribution in [0.2, 0.25) is 5.04 Å². The first-order valence-electron chi connectivity index (χ1n) is 10.5. The molecule has 2 aromatic carbocycles. The molecule has 4 heteroatoms. The Morgan fingerprint density at radius 1 is 0.862 bits per heavy atom. The van der Waals surface area contributed by atoms with Crippen LogP contribution in [0.5, 0.6) is 0 Å². The number of rotatable bonds is 9. The summed E-state index contributed by atoms with van der Waals surface area (Å²) in [5.41, 5.74) is -0.125. The van der Waals surface area contributed by atoms with Gasteiger partial charge >= 0.3 is 5.97 Å². The van der Waals surface area contributed by atoms with Crippen molar-refractivity contribution in [2.75, 3.05) is 13.2 Å². The van der Waals surface area contributed by atoms with Gasteiger partial charge in [-0.05, 0) is 34.2 Å². The molecular formula is C25H36O3Si. The molecule has 0 fully saturated rings. The number of esters is 1. The Hall–Kier alpha value is -1.91. The molecule has 0 amide bonds. The summed E-state index contributed by atoms with van der Waals surface area (Å²) < 4.78 is 12.1. The highest BCUT2D eigenvalue weighted by Crippen LogP contribution is 2.38. The molecule has 29 heavy (non-hydrogen) atoms. The molecule has 0 heterocycles. The third kappa shape index (κ3) is 5.80. The monoisotopic (exact) mass is 412 g/mol. The van der Waals surface area contributed by atoms with Crippen LogP contribution in [0, 0.1) is 5.41 Å². The molecule has 0 spiro atoms. The highest BCUT2D eigenvalue weighted by molar-refractivity contribution is 6.99. The fourth-order valence-electron chi connectivity index (χ4n) is 3.81. The van der Waals surface area contributed by atoms with Gasteiger partial charge in [-0.3, -0.25) is 4.79 Å². The largest absolute Gasteiger partial charge is 0.466 e. The smallest absolute Gasteiger partial charge is 0.305 e. The molecule has 0 aromatic heterocycles. The molecule has 0 saturated heterocycles. The van der Waals surface area contributed by atoms with Crippen molar-refractivity contribution in [1.29, 1.82) is 0 Å². The summed E-state index contributed by atoms with van der Waals surface area (Å²) in [5.74, 6) is -0.133. The number of carbonyl (C=O) groups excluding carboxylic acids is 1. The summed E-state index contributed by atoms with van der Waals surface area (Å²) in [6.45, 7) is 14.1. The van der Waals surface area contributed by atoms with E-state index in [2.05, 4.69) is 95.3 Å². The van der Waals surface area contributed by atoms with E-state index >= 15 is 0 Å². The third-order valence-corrected chi connectivity index (χ3v) is 10.4. The normalized spacial score (nSPS) is 12.6. The van der Waals surface area contributed by atoms with E-state index < -0.39 is 8.32 Å². The summed E-state index contributed by atoms with van der Waals surface area (Å²) in [5, 5.41) is 2.51. The van der Waals surface area contributed by atoms with E-state index in [-0.39, 0.29) is 16.4 Å². The molecular weight excluding hydrogens is 376 g/mol.